The summed E-state index contributed by atoms with van der Waals surface area (Å²) in [7, 11) is 0. The van der Waals surface area contributed by atoms with Crippen LogP contribution in [-0.4, -0.2) is 5.11 Å². The Kier molecular flexibility index (Phi) is 1.89. The highest BCUT2D eigenvalue weighted by molar-refractivity contribution is 9.10. The zero-order chi connectivity index (χ0) is 7.72. The van der Waals surface area contributed by atoms with Gasteiger partial charge in [-0.2, -0.15) is 4.39 Å². The first-order valence-electron chi connectivity index (χ1n) is 2.45. The van der Waals surface area contributed by atoms with Crippen molar-refractivity contribution in [3.63, 3.8) is 0 Å². The Morgan fingerprint density at radius 3 is 2.30 bits per heavy atom. The van der Waals surface area contributed by atoms with Gasteiger partial charge in [-0.05, 0) is 28.1 Å². The lowest BCUT2D eigenvalue weighted by atomic mass is 10.3. The van der Waals surface area contributed by atoms with Gasteiger partial charge in [0.05, 0.1) is 4.47 Å². The fourth-order valence-electron chi connectivity index (χ4n) is 0.516. The minimum absolute atomic E-state index is 0.00259. The fourth-order valence-corrected chi connectivity index (χ4v) is 0.822. The SMILES string of the molecule is Oc1ccc(Br)c(F)c1F. The van der Waals surface area contributed by atoms with Crippen LogP contribution in [0, 0.1) is 11.6 Å². The van der Waals surface area contributed by atoms with Crippen LogP contribution < -0.4 is 0 Å². The maximum absolute atomic E-state index is 12.4. The van der Waals surface area contributed by atoms with Crippen LogP contribution >= 0.6 is 15.9 Å². The highest BCUT2D eigenvalue weighted by Gasteiger charge is 2.09. The first kappa shape index (κ1) is 7.47. The van der Waals surface area contributed by atoms with Crippen molar-refractivity contribution >= 4 is 15.9 Å². The Hall–Kier alpha value is -0.640. The second kappa shape index (κ2) is 2.54. The summed E-state index contributed by atoms with van der Waals surface area (Å²) in [5, 5.41) is 8.59. The summed E-state index contributed by atoms with van der Waals surface area (Å²) in [5.74, 6) is -2.98. The monoisotopic (exact) mass is 208 g/mol. The third-order valence-corrected chi connectivity index (χ3v) is 1.63. The number of phenols is 1. The fraction of sp³-hybridized carbons (Fsp3) is 0. The van der Waals surface area contributed by atoms with Crippen LogP contribution in [-0.2, 0) is 0 Å². The van der Waals surface area contributed by atoms with Gasteiger partial charge in [0.15, 0.2) is 11.6 Å². The second-order valence-electron chi connectivity index (χ2n) is 1.69. The van der Waals surface area contributed by atoms with E-state index in [0.717, 1.165) is 6.07 Å². The third kappa shape index (κ3) is 1.11. The Morgan fingerprint density at radius 1 is 1.20 bits per heavy atom. The van der Waals surface area contributed by atoms with E-state index in [1.807, 2.05) is 0 Å². The number of hydrogen-bond acceptors (Lipinski definition) is 1. The minimum Gasteiger partial charge on any atom is -0.505 e. The molecule has 0 spiro atoms. The van der Waals surface area contributed by atoms with Gasteiger partial charge in [-0.1, -0.05) is 0 Å². The number of phenolic OH excluding ortho intramolecular Hbond substituents is 1. The van der Waals surface area contributed by atoms with E-state index in [9.17, 15) is 8.78 Å². The van der Waals surface area contributed by atoms with Crippen molar-refractivity contribution in [2.24, 2.45) is 0 Å². The second-order valence-corrected chi connectivity index (χ2v) is 2.55. The van der Waals surface area contributed by atoms with Crippen molar-refractivity contribution in [3.05, 3.63) is 28.2 Å². The smallest absolute Gasteiger partial charge is 0.201 e. The average molecular weight is 209 g/mol. The third-order valence-electron chi connectivity index (χ3n) is 1.01. The van der Waals surface area contributed by atoms with E-state index in [1.54, 1.807) is 0 Å². The van der Waals surface area contributed by atoms with E-state index >= 15 is 0 Å². The lowest BCUT2D eigenvalue weighted by molar-refractivity contribution is 0.405. The van der Waals surface area contributed by atoms with Gasteiger partial charge in [-0.3, -0.25) is 0 Å². The first-order chi connectivity index (χ1) is 4.63. The van der Waals surface area contributed by atoms with Crippen molar-refractivity contribution in [1.82, 2.24) is 0 Å². The lowest BCUT2D eigenvalue weighted by Gasteiger charge is -1.96. The zero-order valence-electron chi connectivity index (χ0n) is 4.74. The summed E-state index contributed by atoms with van der Waals surface area (Å²) in [6.07, 6.45) is 0. The summed E-state index contributed by atoms with van der Waals surface area (Å²) < 4.78 is 24.7. The van der Waals surface area contributed by atoms with Crippen molar-refractivity contribution in [3.8, 4) is 5.75 Å². The number of benzene rings is 1. The van der Waals surface area contributed by atoms with E-state index < -0.39 is 17.4 Å². The molecule has 0 unspecified atom stereocenters. The molecular weight excluding hydrogens is 206 g/mol. The molecule has 4 heteroatoms. The molecule has 1 nitrogen and oxygen atoms in total. The highest BCUT2D eigenvalue weighted by atomic mass is 79.9. The molecule has 0 aliphatic rings. The van der Waals surface area contributed by atoms with Gasteiger partial charge in [0, 0.05) is 0 Å². The van der Waals surface area contributed by atoms with Gasteiger partial charge < -0.3 is 5.11 Å². The van der Waals surface area contributed by atoms with Gasteiger partial charge in [0.1, 0.15) is 0 Å². The number of aromatic hydroxyl groups is 1. The molecule has 1 aromatic rings. The minimum atomic E-state index is -1.23. The molecular formula is C6H3BrF2O. The van der Waals surface area contributed by atoms with Crippen molar-refractivity contribution < 1.29 is 13.9 Å². The maximum atomic E-state index is 12.4. The molecule has 0 heterocycles. The number of hydrogen-bond donors (Lipinski definition) is 1. The number of rotatable bonds is 0. The molecule has 0 amide bonds. The van der Waals surface area contributed by atoms with Gasteiger partial charge >= 0.3 is 0 Å². The highest BCUT2D eigenvalue weighted by Crippen LogP contribution is 2.24. The summed E-state index contributed by atoms with van der Waals surface area (Å²) in [6.45, 7) is 0. The molecule has 54 valence electrons. The van der Waals surface area contributed by atoms with E-state index in [-0.39, 0.29) is 4.47 Å². The van der Waals surface area contributed by atoms with E-state index in [1.165, 1.54) is 6.07 Å². The van der Waals surface area contributed by atoms with E-state index in [0.29, 0.717) is 0 Å². The van der Waals surface area contributed by atoms with Crippen LogP contribution in [0.3, 0.4) is 0 Å². The van der Waals surface area contributed by atoms with Crippen LogP contribution in [0.15, 0.2) is 16.6 Å². The molecule has 0 bridgehead atoms. The zero-order valence-corrected chi connectivity index (χ0v) is 6.32. The molecule has 0 fully saturated rings. The van der Waals surface area contributed by atoms with E-state index in [4.69, 9.17) is 5.11 Å². The Morgan fingerprint density at radius 2 is 1.80 bits per heavy atom. The molecule has 0 saturated carbocycles. The van der Waals surface area contributed by atoms with Crippen molar-refractivity contribution in [2.75, 3.05) is 0 Å². The van der Waals surface area contributed by atoms with Crippen LogP contribution in [0.5, 0.6) is 5.75 Å². The first-order valence-corrected chi connectivity index (χ1v) is 3.24. The largest absolute Gasteiger partial charge is 0.505 e. The topological polar surface area (TPSA) is 20.2 Å². The van der Waals surface area contributed by atoms with Gasteiger partial charge in [0.25, 0.3) is 0 Å². The predicted octanol–water partition coefficient (Wildman–Crippen LogP) is 2.43. The van der Waals surface area contributed by atoms with Crippen LogP contribution in [0.4, 0.5) is 8.78 Å². The Bertz CT molecular complexity index is 235. The number of halogens is 3. The standard InChI is InChI=1S/C6H3BrF2O/c7-3-1-2-4(10)6(9)5(3)8/h1-2,10H. The summed E-state index contributed by atoms with van der Waals surface area (Å²) in [5.41, 5.74) is 0. The molecule has 1 N–H and O–H groups in total. The van der Waals surface area contributed by atoms with Crippen LogP contribution in [0.25, 0.3) is 0 Å². The lowest BCUT2D eigenvalue weighted by Crippen LogP contribution is -1.84. The molecule has 0 atom stereocenters. The molecule has 0 aromatic heterocycles. The van der Waals surface area contributed by atoms with E-state index in [2.05, 4.69) is 15.9 Å². The van der Waals surface area contributed by atoms with Gasteiger partial charge in [-0.25, -0.2) is 4.39 Å². The molecule has 10 heavy (non-hydrogen) atoms. The Labute approximate surface area is 64.4 Å². The van der Waals surface area contributed by atoms with Crippen LogP contribution in [0.2, 0.25) is 0 Å². The van der Waals surface area contributed by atoms with Gasteiger partial charge in [0.2, 0.25) is 5.82 Å². The predicted molar refractivity (Wildman–Crippen MR) is 35.7 cm³/mol. The summed E-state index contributed by atoms with van der Waals surface area (Å²) >= 11 is 2.75. The summed E-state index contributed by atoms with van der Waals surface area (Å²) in [4.78, 5) is 0. The molecule has 1 aromatic carbocycles. The molecule has 0 aliphatic carbocycles. The molecule has 0 saturated heterocycles. The maximum Gasteiger partial charge on any atom is 0.201 e. The van der Waals surface area contributed by atoms with Crippen molar-refractivity contribution in [1.29, 1.82) is 0 Å². The molecule has 0 aliphatic heterocycles. The van der Waals surface area contributed by atoms with Crippen molar-refractivity contribution in [2.45, 2.75) is 0 Å². The van der Waals surface area contributed by atoms with Crippen LogP contribution in [0.1, 0.15) is 0 Å². The Balaban J connectivity index is 3.34. The normalized spacial score (nSPS) is 9.90. The van der Waals surface area contributed by atoms with Gasteiger partial charge in [-0.15, -0.1) is 0 Å². The summed E-state index contributed by atoms with van der Waals surface area (Å²) in [6, 6.07) is 2.30. The quantitative estimate of drug-likeness (QED) is 0.650. The molecule has 0 radical (unpaired) electrons. The molecule has 1 rings (SSSR count). The average Bonchev–Trinajstić information content (AvgIpc) is 1.93.